The standard InChI is InChI=1S/C24H23N5O5/c1-14-22(23(31)25-2)18-8-7-17(12-19(18)33-14)34-21-9-10-26-24(29-21)28-16-6-4-5-15(11-16)27-20(30)13-32-3/h4-12H,13H2,1-3H3,(H,25,31)(H,27,30)(H,26,28,29). The van der Waals surface area contributed by atoms with E-state index in [0.29, 0.717) is 51.2 Å². The van der Waals surface area contributed by atoms with Crippen LogP contribution in [0.2, 0.25) is 0 Å². The van der Waals surface area contributed by atoms with Crippen LogP contribution in [-0.2, 0) is 9.53 Å². The van der Waals surface area contributed by atoms with Gasteiger partial charge in [-0.25, -0.2) is 4.98 Å². The summed E-state index contributed by atoms with van der Waals surface area (Å²) in [5.41, 5.74) is 2.32. The fourth-order valence-corrected chi connectivity index (χ4v) is 3.38. The van der Waals surface area contributed by atoms with Gasteiger partial charge in [-0.2, -0.15) is 4.98 Å². The molecule has 3 N–H and O–H groups in total. The number of carbonyl (C=O) groups is 2. The Bertz CT molecular complexity index is 1350. The number of anilines is 3. The minimum Gasteiger partial charge on any atom is -0.460 e. The van der Waals surface area contributed by atoms with Crippen molar-refractivity contribution in [2.45, 2.75) is 6.92 Å². The van der Waals surface area contributed by atoms with E-state index < -0.39 is 0 Å². The van der Waals surface area contributed by atoms with Crippen molar-refractivity contribution in [2.75, 3.05) is 31.4 Å². The number of rotatable bonds is 8. The number of furan rings is 1. The maximum Gasteiger partial charge on any atom is 0.255 e. The first-order chi connectivity index (χ1) is 16.5. The molecule has 0 fully saturated rings. The average molecular weight is 461 g/mol. The Kier molecular flexibility index (Phi) is 6.69. The summed E-state index contributed by atoms with van der Waals surface area (Å²) in [6, 6.07) is 14.0. The van der Waals surface area contributed by atoms with Crippen LogP contribution in [0.25, 0.3) is 11.0 Å². The van der Waals surface area contributed by atoms with Crippen LogP contribution in [0.15, 0.2) is 59.1 Å². The number of hydrogen-bond donors (Lipinski definition) is 3. The Labute approximate surface area is 195 Å². The lowest BCUT2D eigenvalue weighted by atomic mass is 10.1. The van der Waals surface area contributed by atoms with Crippen LogP contribution >= 0.6 is 0 Å². The van der Waals surface area contributed by atoms with Crippen LogP contribution in [-0.4, -0.2) is 42.5 Å². The zero-order chi connectivity index (χ0) is 24.1. The highest BCUT2D eigenvalue weighted by Gasteiger charge is 2.17. The third-order valence-corrected chi connectivity index (χ3v) is 4.82. The second-order valence-electron chi connectivity index (χ2n) is 7.28. The Morgan fingerprint density at radius 1 is 1.09 bits per heavy atom. The number of ether oxygens (including phenoxy) is 2. The Balaban J connectivity index is 1.49. The molecule has 2 aromatic heterocycles. The number of aromatic nitrogens is 2. The molecule has 0 unspecified atom stereocenters. The smallest absolute Gasteiger partial charge is 0.255 e. The number of amides is 2. The molecule has 10 heteroatoms. The number of nitrogens with one attached hydrogen (secondary N) is 3. The van der Waals surface area contributed by atoms with Crippen molar-refractivity contribution in [3.8, 4) is 11.6 Å². The molecule has 0 bridgehead atoms. The van der Waals surface area contributed by atoms with Gasteiger partial charge in [-0.05, 0) is 37.3 Å². The van der Waals surface area contributed by atoms with E-state index in [1.807, 2.05) is 6.07 Å². The summed E-state index contributed by atoms with van der Waals surface area (Å²) in [7, 11) is 3.03. The third-order valence-electron chi connectivity index (χ3n) is 4.82. The summed E-state index contributed by atoms with van der Waals surface area (Å²) in [6.45, 7) is 1.71. The molecule has 0 radical (unpaired) electrons. The van der Waals surface area contributed by atoms with Gasteiger partial charge < -0.3 is 29.8 Å². The second-order valence-corrected chi connectivity index (χ2v) is 7.28. The topological polar surface area (TPSA) is 128 Å². The van der Waals surface area contributed by atoms with Crippen molar-refractivity contribution in [2.24, 2.45) is 0 Å². The van der Waals surface area contributed by atoms with Crippen LogP contribution < -0.4 is 20.7 Å². The zero-order valence-corrected chi connectivity index (χ0v) is 18.8. The first-order valence-electron chi connectivity index (χ1n) is 10.4. The fraction of sp³-hybridized carbons (Fsp3) is 0.167. The number of hydrogen-bond acceptors (Lipinski definition) is 8. The molecule has 0 aliphatic heterocycles. The van der Waals surface area contributed by atoms with Crippen molar-refractivity contribution in [1.29, 1.82) is 0 Å². The van der Waals surface area contributed by atoms with Crippen LogP contribution in [0.3, 0.4) is 0 Å². The first-order valence-corrected chi connectivity index (χ1v) is 10.4. The predicted molar refractivity (Wildman–Crippen MR) is 127 cm³/mol. The van der Waals surface area contributed by atoms with E-state index in [1.165, 1.54) is 7.11 Å². The summed E-state index contributed by atoms with van der Waals surface area (Å²) < 4.78 is 16.4. The number of aryl methyl sites for hydroxylation is 1. The summed E-state index contributed by atoms with van der Waals surface area (Å²) in [4.78, 5) is 32.4. The molecule has 174 valence electrons. The van der Waals surface area contributed by atoms with Gasteiger partial charge in [0.2, 0.25) is 17.7 Å². The summed E-state index contributed by atoms with van der Waals surface area (Å²) in [5.74, 6) is 1.19. The highest BCUT2D eigenvalue weighted by Crippen LogP contribution is 2.31. The molecule has 34 heavy (non-hydrogen) atoms. The molecule has 0 saturated carbocycles. The maximum absolute atomic E-state index is 12.1. The minimum atomic E-state index is -0.252. The van der Waals surface area contributed by atoms with Gasteiger partial charge in [0.1, 0.15) is 23.7 Å². The first kappa shape index (κ1) is 22.7. The van der Waals surface area contributed by atoms with Gasteiger partial charge in [0, 0.05) is 49.2 Å². The van der Waals surface area contributed by atoms with Crippen molar-refractivity contribution in [3.63, 3.8) is 0 Å². The highest BCUT2D eigenvalue weighted by molar-refractivity contribution is 6.07. The van der Waals surface area contributed by atoms with E-state index in [-0.39, 0.29) is 18.4 Å². The minimum absolute atomic E-state index is 0.0311. The lowest BCUT2D eigenvalue weighted by Crippen LogP contribution is -2.18. The van der Waals surface area contributed by atoms with Crippen LogP contribution in [0.4, 0.5) is 17.3 Å². The van der Waals surface area contributed by atoms with E-state index in [1.54, 1.807) is 62.6 Å². The molecule has 10 nitrogen and oxygen atoms in total. The lowest BCUT2D eigenvalue weighted by Gasteiger charge is -2.10. The van der Waals surface area contributed by atoms with Gasteiger partial charge in [0.25, 0.3) is 5.91 Å². The lowest BCUT2D eigenvalue weighted by molar-refractivity contribution is -0.119. The zero-order valence-electron chi connectivity index (χ0n) is 18.8. The Hall–Kier alpha value is -4.44. The Morgan fingerprint density at radius 2 is 1.91 bits per heavy atom. The van der Waals surface area contributed by atoms with Gasteiger partial charge in [0.05, 0.1) is 5.56 Å². The second kappa shape index (κ2) is 10.0. The number of benzene rings is 2. The average Bonchev–Trinajstić information content (AvgIpc) is 3.14. The normalized spacial score (nSPS) is 10.7. The van der Waals surface area contributed by atoms with Crippen molar-refractivity contribution in [3.05, 3.63) is 66.1 Å². The van der Waals surface area contributed by atoms with Gasteiger partial charge in [-0.1, -0.05) is 6.07 Å². The number of fused-ring (bicyclic) bond motifs is 1. The molecular weight excluding hydrogens is 438 g/mol. The van der Waals surface area contributed by atoms with E-state index in [0.717, 1.165) is 0 Å². The molecule has 0 aliphatic carbocycles. The molecule has 0 aliphatic rings. The molecule has 0 saturated heterocycles. The number of carbonyl (C=O) groups excluding carboxylic acids is 2. The van der Waals surface area contributed by atoms with E-state index in [2.05, 4.69) is 25.9 Å². The largest absolute Gasteiger partial charge is 0.460 e. The number of methoxy groups -OCH3 is 1. The molecule has 4 rings (SSSR count). The quantitative estimate of drug-likeness (QED) is 0.359. The molecule has 2 aromatic carbocycles. The van der Waals surface area contributed by atoms with Crippen LogP contribution in [0, 0.1) is 6.92 Å². The van der Waals surface area contributed by atoms with Crippen molar-refractivity contribution in [1.82, 2.24) is 15.3 Å². The van der Waals surface area contributed by atoms with Crippen molar-refractivity contribution >= 4 is 40.1 Å². The highest BCUT2D eigenvalue weighted by atomic mass is 16.5. The molecular formula is C24H23N5O5. The van der Waals surface area contributed by atoms with E-state index in [9.17, 15) is 9.59 Å². The van der Waals surface area contributed by atoms with Gasteiger partial charge in [-0.3, -0.25) is 9.59 Å². The fourth-order valence-electron chi connectivity index (χ4n) is 3.38. The van der Waals surface area contributed by atoms with Gasteiger partial charge >= 0.3 is 0 Å². The molecule has 2 heterocycles. The summed E-state index contributed by atoms with van der Waals surface area (Å²) in [6.07, 6.45) is 1.56. The van der Waals surface area contributed by atoms with Gasteiger partial charge in [-0.15, -0.1) is 0 Å². The molecule has 0 atom stereocenters. The predicted octanol–water partition coefficient (Wildman–Crippen LogP) is 4.01. The number of nitrogens with zero attached hydrogens (tertiary/aromatic N) is 2. The monoisotopic (exact) mass is 461 g/mol. The van der Waals surface area contributed by atoms with Crippen molar-refractivity contribution < 1.29 is 23.5 Å². The van der Waals surface area contributed by atoms with E-state index >= 15 is 0 Å². The van der Waals surface area contributed by atoms with E-state index in [4.69, 9.17) is 13.9 Å². The third kappa shape index (κ3) is 5.13. The SMILES string of the molecule is CNC(=O)c1c(C)oc2cc(Oc3ccnc(Nc4cccc(NC(=O)COC)c4)n3)ccc12. The molecule has 0 spiro atoms. The summed E-state index contributed by atoms with van der Waals surface area (Å²) >= 11 is 0. The van der Waals surface area contributed by atoms with Gasteiger partial charge in [0.15, 0.2) is 0 Å². The molecule has 4 aromatic rings. The molecule has 2 amide bonds. The maximum atomic E-state index is 12.1. The van der Waals surface area contributed by atoms with Crippen LogP contribution in [0.1, 0.15) is 16.1 Å². The van der Waals surface area contributed by atoms with Crippen LogP contribution in [0.5, 0.6) is 11.6 Å². The summed E-state index contributed by atoms with van der Waals surface area (Å²) in [5, 5.41) is 9.15. The Morgan fingerprint density at radius 3 is 2.71 bits per heavy atom.